The largest absolute Gasteiger partial charge is 0.481 e. The average Bonchev–Trinajstić information content (AvgIpc) is 3.79. The molecule has 12 atom stereocenters. The summed E-state index contributed by atoms with van der Waals surface area (Å²) in [4.78, 5) is 64.8. The number of carbonyl (C=O) groups excluding carboxylic acids is 4. The minimum Gasteiger partial charge on any atom is -0.481 e. The number of halogens is 2. The lowest BCUT2D eigenvalue weighted by Crippen LogP contribution is -2.73. The highest BCUT2D eigenvalue weighted by Gasteiger charge is 2.83. The molecule has 1 aliphatic heterocycles. The molecule has 4 aliphatic carbocycles. The number of carboxylic acids is 1. The number of hydrogen-bond acceptors (Lipinski definition) is 13. The van der Waals surface area contributed by atoms with Gasteiger partial charge in [-0.1, -0.05) is 76.6 Å². The number of nitrogens with one attached hydrogen (secondary N) is 2. The number of thioether (sulfide) groups is 1. The molecule has 0 aromatic heterocycles. The van der Waals surface area contributed by atoms with E-state index in [1.165, 1.54) is 42.6 Å². The number of benzene rings is 2. The summed E-state index contributed by atoms with van der Waals surface area (Å²) in [5, 5.41) is 36.7. The zero-order valence-electron chi connectivity index (χ0n) is 40.4. The molecule has 2 aromatic carbocycles. The van der Waals surface area contributed by atoms with Crippen molar-refractivity contribution in [3.8, 4) is 0 Å². The fraction of sp³-hybridized carbons (Fsp3) is 0.596. The zero-order chi connectivity index (χ0) is 50.6. The summed E-state index contributed by atoms with van der Waals surface area (Å²) in [6.45, 7) is 9.42. The number of unbranched alkanes of at least 4 members (excludes halogenated alkanes) is 1. The first kappa shape index (κ1) is 53.8. The second-order valence-corrected chi connectivity index (χ2v) is 22.6. The van der Waals surface area contributed by atoms with Crippen molar-refractivity contribution in [2.75, 3.05) is 44.9 Å². The van der Waals surface area contributed by atoms with Crippen molar-refractivity contribution < 1.29 is 67.0 Å². The molecule has 1 heterocycles. The van der Waals surface area contributed by atoms with Gasteiger partial charge in [0.25, 0.3) is 0 Å². The number of ketones is 2. The van der Waals surface area contributed by atoms with Crippen molar-refractivity contribution in [2.45, 2.75) is 142 Å². The van der Waals surface area contributed by atoms with Gasteiger partial charge in [0.15, 0.2) is 29.1 Å². The van der Waals surface area contributed by atoms with Gasteiger partial charge in [-0.3, -0.25) is 24.0 Å². The van der Waals surface area contributed by atoms with Crippen molar-refractivity contribution in [3.63, 3.8) is 0 Å². The number of amides is 2. The maximum absolute atomic E-state index is 18.0. The first-order chi connectivity index (χ1) is 33.3. The quantitative estimate of drug-likeness (QED) is 0.0684. The Morgan fingerprint density at radius 3 is 2.43 bits per heavy atom. The lowest BCUT2D eigenvalue weighted by atomic mass is 9.39. The lowest BCUT2D eigenvalue weighted by molar-refractivity contribution is -0.263. The van der Waals surface area contributed by atoms with Crippen LogP contribution in [0.2, 0.25) is 0 Å². The number of Topliss-reactive ketones (excluding diaryl/α,β-unsaturated/α-hetero) is 1. The molecule has 5 aliphatic rings. The molecule has 0 bridgehead atoms. The lowest BCUT2D eigenvalue weighted by Gasteiger charge is -2.66. The number of aliphatic carboxylic acids is 1. The van der Waals surface area contributed by atoms with Gasteiger partial charge in [-0.25, -0.2) is 8.78 Å². The molecule has 4 fully saturated rings. The Labute approximate surface area is 416 Å². The molecule has 0 spiro atoms. The number of aliphatic hydroxyl groups excluding tert-OH is 2. The predicted octanol–water partition coefficient (Wildman–Crippen LogP) is 7.50. The Morgan fingerprint density at radius 1 is 1.00 bits per heavy atom. The van der Waals surface area contributed by atoms with Crippen molar-refractivity contribution in [1.82, 2.24) is 5.32 Å². The van der Waals surface area contributed by atoms with E-state index in [-0.39, 0.29) is 87.7 Å². The molecule has 0 radical (unpaired) electrons. The first-order valence-electron chi connectivity index (χ1n) is 24.2. The summed E-state index contributed by atoms with van der Waals surface area (Å²) >= 11 is 2.83. The van der Waals surface area contributed by atoms with Gasteiger partial charge in [0.1, 0.15) is 12.8 Å². The maximum atomic E-state index is 18.0. The Bertz CT molecular complexity index is 2340. The highest BCUT2D eigenvalue weighted by atomic mass is 32.2. The van der Waals surface area contributed by atoms with Crippen molar-refractivity contribution in [1.29, 1.82) is 0 Å². The number of anilines is 1. The monoisotopic (exact) mass is 1010 g/mol. The van der Waals surface area contributed by atoms with E-state index >= 15 is 8.78 Å². The number of allylic oxidation sites excluding steroid dienone is 4. The molecule has 2 aromatic rings. The van der Waals surface area contributed by atoms with Crippen LogP contribution in [0, 0.1) is 22.2 Å². The summed E-state index contributed by atoms with van der Waals surface area (Å²) < 4.78 is 58.5. The summed E-state index contributed by atoms with van der Waals surface area (Å²) in [6.07, 6.45) is 0.799. The summed E-state index contributed by atoms with van der Waals surface area (Å²) in [7, 11) is 0. The van der Waals surface area contributed by atoms with Gasteiger partial charge in [0.2, 0.25) is 11.8 Å². The fourth-order valence-electron chi connectivity index (χ4n) is 11.9. The van der Waals surface area contributed by atoms with Crippen LogP contribution >= 0.6 is 23.5 Å². The minimum atomic E-state index is -2.38. The van der Waals surface area contributed by atoms with E-state index in [4.69, 9.17) is 18.9 Å². The molecule has 5 N–H and O–H groups in total. The second-order valence-electron chi connectivity index (χ2n) is 19.8. The topological polar surface area (TPSA) is 207 Å². The van der Waals surface area contributed by atoms with Crippen LogP contribution in [0.1, 0.15) is 97.8 Å². The third kappa shape index (κ3) is 10.2. The molecule has 70 heavy (non-hydrogen) atoms. The Kier molecular flexibility index (Phi) is 16.9. The van der Waals surface area contributed by atoms with E-state index in [1.54, 1.807) is 32.0 Å². The summed E-state index contributed by atoms with van der Waals surface area (Å²) in [5.74, 6) is -3.77. The Balaban J connectivity index is 0.883. The molecule has 14 nitrogen and oxygen atoms in total. The van der Waals surface area contributed by atoms with Gasteiger partial charge in [-0.05, 0) is 86.1 Å². The van der Waals surface area contributed by atoms with E-state index < -0.39 is 87.5 Å². The van der Waals surface area contributed by atoms with E-state index in [0.29, 0.717) is 11.3 Å². The van der Waals surface area contributed by atoms with Crippen LogP contribution < -0.4 is 10.6 Å². The number of rotatable bonds is 23. The van der Waals surface area contributed by atoms with Crippen molar-refractivity contribution >= 4 is 58.6 Å². The molecular formula is C52H66F2N2O12S2. The highest BCUT2D eigenvalue weighted by molar-refractivity contribution is 8.01. The average molecular weight is 1010 g/mol. The van der Waals surface area contributed by atoms with Crippen LogP contribution in [-0.2, 0) is 42.9 Å². The Morgan fingerprint density at radius 2 is 1.73 bits per heavy atom. The van der Waals surface area contributed by atoms with Gasteiger partial charge < -0.3 is 44.9 Å². The van der Waals surface area contributed by atoms with E-state index in [9.17, 15) is 39.3 Å². The normalized spacial score (nSPS) is 32.7. The predicted molar refractivity (Wildman–Crippen MR) is 260 cm³/mol. The van der Waals surface area contributed by atoms with E-state index in [2.05, 4.69) is 17.6 Å². The molecule has 2 amide bonds. The van der Waals surface area contributed by atoms with E-state index in [1.807, 2.05) is 37.3 Å². The third-order valence-electron chi connectivity index (χ3n) is 15.6. The van der Waals surface area contributed by atoms with Gasteiger partial charge >= 0.3 is 5.97 Å². The molecule has 1 saturated heterocycles. The van der Waals surface area contributed by atoms with Crippen LogP contribution in [0.4, 0.5) is 14.5 Å². The number of hydrogen-bond donors (Lipinski definition) is 5. The standard InChI is InChI=1S/C52H66F2N2O12S2/c1-6-7-9-31(2)69-39(27-45(62)63)46(64)55-19-21-66-23-22-65-20-17-44(61)56-33-10-8-11-36(24-33)70-35-14-12-32(13-15-35)47-67-43-29-49(4)40-26-38(53)37-25-34(58)16-18-48(37,3)51(40,54)41(59)28-50(49,5)52(43,68-47)42(60)30-57/h8,10-16,18,24-25,31,38-41,43,47,57,59H,6-7,9,17,19-23,26-30H2,1-5H3,(H,55,64)(H,56,61)(H,62,63)/t31?,38-,39?,40-,41-,43+,47+,48-,49-,50-,51-,52+/m0/s1. The number of carboxylic acid groups (broad SMARTS) is 1. The molecular weight excluding hydrogens is 947 g/mol. The van der Waals surface area contributed by atoms with Crippen LogP contribution in [0.15, 0.2) is 82.1 Å². The van der Waals surface area contributed by atoms with E-state index in [0.717, 1.165) is 35.1 Å². The highest BCUT2D eigenvalue weighted by Crippen LogP contribution is 2.77. The first-order valence-corrected chi connectivity index (χ1v) is 25.9. The van der Waals surface area contributed by atoms with Crippen LogP contribution in [-0.4, -0.2) is 124 Å². The number of aliphatic hydroxyl groups is 2. The zero-order valence-corrected chi connectivity index (χ0v) is 42.0. The van der Waals surface area contributed by atoms with Crippen molar-refractivity contribution in [2.24, 2.45) is 22.2 Å². The van der Waals surface area contributed by atoms with Gasteiger partial charge in [0, 0.05) is 49.6 Å². The minimum absolute atomic E-state index is 0.00286. The van der Waals surface area contributed by atoms with Gasteiger partial charge in [-0.15, -0.1) is 11.8 Å². The summed E-state index contributed by atoms with van der Waals surface area (Å²) in [5.41, 5.74) is -7.01. The number of fused-ring (bicyclic) bond motifs is 7. The fourth-order valence-corrected chi connectivity index (χ4v) is 14.0. The Hall–Kier alpha value is -4.01. The molecule has 3 saturated carbocycles. The van der Waals surface area contributed by atoms with Gasteiger partial charge in [0.05, 0.1) is 56.7 Å². The molecule has 18 heteroatoms. The van der Waals surface area contributed by atoms with Crippen LogP contribution in [0.25, 0.3) is 0 Å². The second kappa shape index (κ2) is 22.0. The molecule has 2 unspecified atom stereocenters. The molecule has 7 rings (SSSR count). The van der Waals surface area contributed by atoms with Crippen molar-refractivity contribution in [3.05, 3.63) is 77.9 Å². The van der Waals surface area contributed by atoms with Gasteiger partial charge in [-0.2, -0.15) is 0 Å². The maximum Gasteiger partial charge on any atom is 0.305 e. The summed E-state index contributed by atoms with van der Waals surface area (Å²) in [6, 6.07) is 14.7. The SMILES string of the molecule is CCCCC(C)SC(CC(=O)O)C(=O)NCCOCCOCCC(=O)Nc1cccc(Sc2ccc([C@@H]3O[C@@H]4C[C@@]5(C)[C@@H]6C[C@H](F)C7=CC(=O)C=C[C@]7(C)[C@@]6(F)[C@@H](O)C[C@]5(C)[C@]4(C(=O)CO)O3)cc2)c1. The number of alkyl halides is 2. The smallest absolute Gasteiger partial charge is 0.305 e. The number of ether oxygens (including phenoxy) is 4. The van der Waals surface area contributed by atoms with Crippen LogP contribution in [0.3, 0.4) is 0 Å². The number of carbonyl (C=O) groups is 5. The third-order valence-corrected chi connectivity index (χ3v) is 18.0. The molecule has 382 valence electrons. The van der Waals surface area contributed by atoms with Crippen LogP contribution in [0.5, 0.6) is 0 Å².